The molecule has 0 spiro atoms. The van der Waals surface area contributed by atoms with Crippen LogP contribution in [-0.4, -0.2) is 51.3 Å². The lowest BCUT2D eigenvalue weighted by atomic mass is 10.1. The van der Waals surface area contributed by atoms with Crippen LogP contribution in [0.3, 0.4) is 0 Å². The molecule has 0 fully saturated rings. The first-order chi connectivity index (χ1) is 8.93. The van der Waals surface area contributed by atoms with Crippen LogP contribution in [0.25, 0.3) is 0 Å². The number of carbonyl (C=O) groups excluding carboxylic acids is 2. The number of carboxylic acid groups (broad SMARTS) is 1. The van der Waals surface area contributed by atoms with Crippen molar-refractivity contribution in [1.29, 1.82) is 0 Å². The van der Waals surface area contributed by atoms with Crippen molar-refractivity contribution in [3.63, 3.8) is 0 Å². The number of methoxy groups -OCH3 is 1. The number of aromatic amines is 1. The number of nitrogen functional groups attached to an aromatic ring is 1. The maximum Gasteiger partial charge on any atom is 0.326 e. The van der Waals surface area contributed by atoms with E-state index in [2.05, 4.69) is 25.2 Å². The van der Waals surface area contributed by atoms with Gasteiger partial charge in [-0.1, -0.05) is 0 Å². The van der Waals surface area contributed by atoms with Crippen LogP contribution in [0.2, 0.25) is 0 Å². The number of carboxylic acids is 1. The maximum absolute atomic E-state index is 11.6. The number of nitrogens with two attached hydrogens (primary N) is 1. The van der Waals surface area contributed by atoms with Crippen molar-refractivity contribution < 1.29 is 24.2 Å². The van der Waals surface area contributed by atoms with E-state index in [1.807, 2.05) is 0 Å². The molecule has 0 aliphatic heterocycles. The summed E-state index contributed by atoms with van der Waals surface area (Å²) in [7, 11) is 1.19. The summed E-state index contributed by atoms with van der Waals surface area (Å²) in [6, 6.07) is -1.24. The van der Waals surface area contributed by atoms with Gasteiger partial charge in [-0.15, -0.1) is 5.10 Å². The van der Waals surface area contributed by atoms with Crippen LogP contribution in [0.4, 0.5) is 5.95 Å². The average Bonchev–Trinajstić information content (AvgIpc) is 2.80. The molecule has 0 aliphatic rings. The van der Waals surface area contributed by atoms with Gasteiger partial charge in [0.25, 0.3) is 5.91 Å². The summed E-state index contributed by atoms with van der Waals surface area (Å²) < 4.78 is 4.38. The summed E-state index contributed by atoms with van der Waals surface area (Å²) in [5.41, 5.74) is 5.21. The first kappa shape index (κ1) is 14.4. The molecule has 1 atom stereocenters. The molecule has 0 saturated heterocycles. The van der Waals surface area contributed by atoms with E-state index in [4.69, 9.17) is 10.8 Å². The van der Waals surface area contributed by atoms with E-state index in [0.717, 1.165) is 0 Å². The summed E-state index contributed by atoms with van der Waals surface area (Å²) in [5, 5.41) is 16.8. The Kier molecular flexibility index (Phi) is 4.80. The zero-order valence-corrected chi connectivity index (χ0v) is 10.0. The predicted octanol–water partition coefficient (Wildman–Crippen LogP) is -1.48. The SMILES string of the molecule is COC(=O)CC[C@H](NC(=O)c1nc(N)n[nH]1)C(=O)O. The summed E-state index contributed by atoms with van der Waals surface area (Å²) >= 11 is 0. The molecule has 10 heteroatoms. The smallest absolute Gasteiger partial charge is 0.326 e. The Morgan fingerprint density at radius 2 is 2.21 bits per heavy atom. The first-order valence-corrected chi connectivity index (χ1v) is 5.22. The summed E-state index contributed by atoms with van der Waals surface area (Å²) in [5.74, 6) is -2.95. The molecule has 0 aromatic carbocycles. The normalized spacial score (nSPS) is 11.6. The van der Waals surface area contributed by atoms with Crippen LogP contribution in [-0.2, 0) is 14.3 Å². The van der Waals surface area contributed by atoms with E-state index in [1.54, 1.807) is 0 Å². The van der Waals surface area contributed by atoms with E-state index in [-0.39, 0.29) is 24.6 Å². The van der Waals surface area contributed by atoms with Gasteiger partial charge < -0.3 is 20.9 Å². The van der Waals surface area contributed by atoms with Gasteiger partial charge in [-0.3, -0.25) is 14.7 Å². The highest BCUT2D eigenvalue weighted by molar-refractivity contribution is 5.93. The lowest BCUT2D eigenvalue weighted by Crippen LogP contribution is -2.41. The van der Waals surface area contributed by atoms with Gasteiger partial charge in [0.05, 0.1) is 7.11 Å². The molecular formula is C9H13N5O5. The third kappa shape index (κ3) is 4.26. The van der Waals surface area contributed by atoms with Crippen molar-refractivity contribution in [3.05, 3.63) is 5.82 Å². The lowest BCUT2D eigenvalue weighted by Gasteiger charge is -2.12. The monoisotopic (exact) mass is 271 g/mol. The fourth-order valence-electron chi connectivity index (χ4n) is 1.22. The number of anilines is 1. The van der Waals surface area contributed by atoms with E-state index in [1.165, 1.54) is 7.11 Å². The highest BCUT2D eigenvalue weighted by Crippen LogP contribution is 2.01. The number of amides is 1. The number of H-pyrrole nitrogens is 1. The molecule has 5 N–H and O–H groups in total. The first-order valence-electron chi connectivity index (χ1n) is 5.22. The van der Waals surface area contributed by atoms with Crippen molar-refractivity contribution in [2.24, 2.45) is 0 Å². The van der Waals surface area contributed by atoms with Crippen LogP contribution in [0.15, 0.2) is 0 Å². The quantitative estimate of drug-likeness (QED) is 0.455. The van der Waals surface area contributed by atoms with Crippen LogP contribution in [0.1, 0.15) is 23.5 Å². The minimum Gasteiger partial charge on any atom is -0.480 e. The number of hydrogen-bond acceptors (Lipinski definition) is 7. The minimum atomic E-state index is -1.27. The second kappa shape index (κ2) is 6.33. The van der Waals surface area contributed by atoms with Gasteiger partial charge >= 0.3 is 11.9 Å². The third-order valence-electron chi connectivity index (χ3n) is 2.19. The van der Waals surface area contributed by atoms with Crippen molar-refractivity contribution in [3.8, 4) is 0 Å². The zero-order valence-electron chi connectivity index (χ0n) is 10.0. The second-order valence-corrected chi connectivity index (χ2v) is 3.52. The van der Waals surface area contributed by atoms with Crippen LogP contribution < -0.4 is 11.1 Å². The Hall–Kier alpha value is -2.65. The number of aliphatic carboxylic acids is 1. The largest absolute Gasteiger partial charge is 0.480 e. The molecule has 1 rings (SSSR count). The Balaban J connectivity index is 2.61. The number of rotatable bonds is 6. The lowest BCUT2D eigenvalue weighted by molar-refractivity contribution is -0.142. The third-order valence-corrected chi connectivity index (χ3v) is 2.19. The minimum absolute atomic E-state index is 0.0998. The standard InChI is InChI=1S/C9H13N5O5/c1-19-5(15)3-2-4(8(17)18)11-7(16)6-12-9(10)14-13-6/h4H,2-3H2,1H3,(H,11,16)(H,17,18)(H3,10,12,13,14)/t4-/m0/s1. The average molecular weight is 271 g/mol. The highest BCUT2D eigenvalue weighted by Gasteiger charge is 2.23. The van der Waals surface area contributed by atoms with Gasteiger partial charge in [0.15, 0.2) is 0 Å². The molecule has 1 heterocycles. The summed E-state index contributed by atoms with van der Waals surface area (Å²) in [4.78, 5) is 37.0. The number of ether oxygens (including phenoxy) is 1. The molecule has 0 bridgehead atoms. The van der Waals surface area contributed by atoms with Crippen molar-refractivity contribution >= 4 is 23.8 Å². The van der Waals surface area contributed by atoms with Crippen LogP contribution in [0.5, 0.6) is 0 Å². The fraction of sp³-hybridized carbons (Fsp3) is 0.444. The molecular weight excluding hydrogens is 258 g/mol. The molecule has 10 nitrogen and oxygen atoms in total. The number of carbonyl (C=O) groups is 3. The van der Waals surface area contributed by atoms with Gasteiger partial charge in [-0.2, -0.15) is 4.98 Å². The Morgan fingerprint density at radius 1 is 1.53 bits per heavy atom. The van der Waals surface area contributed by atoms with Crippen LogP contribution in [0, 0.1) is 0 Å². The van der Waals surface area contributed by atoms with Crippen molar-refractivity contribution in [2.75, 3.05) is 12.8 Å². The Labute approximate surface area is 107 Å². The van der Waals surface area contributed by atoms with Crippen molar-refractivity contribution in [2.45, 2.75) is 18.9 Å². The number of aromatic nitrogens is 3. The van der Waals surface area contributed by atoms with Gasteiger partial charge in [0, 0.05) is 6.42 Å². The maximum atomic E-state index is 11.6. The zero-order chi connectivity index (χ0) is 14.4. The second-order valence-electron chi connectivity index (χ2n) is 3.52. The van der Waals surface area contributed by atoms with Gasteiger partial charge in [0.1, 0.15) is 6.04 Å². The number of nitrogens with one attached hydrogen (secondary N) is 2. The predicted molar refractivity (Wildman–Crippen MR) is 60.9 cm³/mol. The van der Waals surface area contributed by atoms with Gasteiger partial charge in [0.2, 0.25) is 11.8 Å². The molecule has 1 aromatic heterocycles. The molecule has 0 unspecified atom stereocenters. The number of nitrogens with zero attached hydrogens (tertiary/aromatic N) is 2. The molecule has 0 saturated carbocycles. The van der Waals surface area contributed by atoms with Crippen LogP contribution >= 0.6 is 0 Å². The number of esters is 1. The molecule has 19 heavy (non-hydrogen) atoms. The molecule has 104 valence electrons. The highest BCUT2D eigenvalue weighted by atomic mass is 16.5. The molecule has 1 amide bonds. The van der Waals surface area contributed by atoms with E-state index < -0.39 is 23.9 Å². The van der Waals surface area contributed by atoms with Gasteiger partial charge in [-0.25, -0.2) is 4.79 Å². The molecule has 1 aromatic rings. The van der Waals surface area contributed by atoms with E-state index >= 15 is 0 Å². The summed E-state index contributed by atoms with van der Waals surface area (Å²) in [6.45, 7) is 0. The van der Waals surface area contributed by atoms with Crippen molar-refractivity contribution in [1.82, 2.24) is 20.5 Å². The fourth-order valence-corrected chi connectivity index (χ4v) is 1.22. The molecule has 0 aliphatic carbocycles. The van der Waals surface area contributed by atoms with E-state index in [0.29, 0.717) is 0 Å². The Bertz CT molecular complexity index is 485. The Morgan fingerprint density at radius 3 is 2.68 bits per heavy atom. The number of hydrogen-bond donors (Lipinski definition) is 4. The summed E-state index contributed by atoms with van der Waals surface area (Å²) in [6.07, 6.45) is -0.232. The molecule has 0 radical (unpaired) electrons. The van der Waals surface area contributed by atoms with E-state index in [9.17, 15) is 14.4 Å². The topological polar surface area (TPSA) is 160 Å². The van der Waals surface area contributed by atoms with Gasteiger partial charge in [-0.05, 0) is 6.42 Å².